The number of hydrogen-bond donors (Lipinski definition) is 1. The Kier molecular flexibility index (Phi) is 3.98. The van der Waals surface area contributed by atoms with E-state index in [0.717, 1.165) is 5.25 Å². The molecule has 1 heterocycles. The Morgan fingerprint density at radius 1 is 1.50 bits per heavy atom. The molecular formula is C13H21NS2. The zero-order chi connectivity index (χ0) is 11.6. The molecule has 0 spiro atoms. The molecule has 0 aliphatic heterocycles. The Morgan fingerprint density at radius 3 is 2.94 bits per heavy atom. The first-order valence-electron chi connectivity index (χ1n) is 5.98. The van der Waals surface area contributed by atoms with Gasteiger partial charge in [0.1, 0.15) is 0 Å². The van der Waals surface area contributed by atoms with Gasteiger partial charge in [0.25, 0.3) is 0 Å². The molecule has 1 aromatic rings. The van der Waals surface area contributed by atoms with E-state index in [1.54, 1.807) is 0 Å². The van der Waals surface area contributed by atoms with Crippen LogP contribution in [0, 0.1) is 5.41 Å². The first-order valence-corrected chi connectivity index (χ1v) is 7.74. The van der Waals surface area contributed by atoms with Crippen LogP contribution in [0.1, 0.15) is 33.1 Å². The van der Waals surface area contributed by atoms with E-state index in [2.05, 4.69) is 55.5 Å². The quantitative estimate of drug-likeness (QED) is 0.876. The lowest BCUT2D eigenvalue weighted by atomic mass is 9.75. The predicted octanol–water partition coefficient (Wildman–Crippen LogP) is 4.01. The minimum Gasteiger partial charge on any atom is -0.316 e. The molecule has 2 unspecified atom stereocenters. The fourth-order valence-electron chi connectivity index (χ4n) is 2.45. The van der Waals surface area contributed by atoms with Crippen LogP contribution in [0.25, 0.3) is 0 Å². The molecule has 1 nitrogen and oxygen atoms in total. The Labute approximate surface area is 107 Å². The first-order chi connectivity index (χ1) is 7.61. The zero-order valence-electron chi connectivity index (χ0n) is 10.3. The van der Waals surface area contributed by atoms with Crippen LogP contribution >= 0.6 is 23.1 Å². The third-order valence-corrected chi connectivity index (χ3v) is 5.87. The maximum atomic E-state index is 3.49. The summed E-state index contributed by atoms with van der Waals surface area (Å²) in [7, 11) is 2.10. The maximum Gasteiger partial charge on any atom is 0.0601 e. The van der Waals surface area contributed by atoms with Crippen LogP contribution in [0.2, 0.25) is 0 Å². The molecule has 1 saturated carbocycles. The van der Waals surface area contributed by atoms with E-state index in [4.69, 9.17) is 0 Å². The topological polar surface area (TPSA) is 12.0 Å². The molecule has 1 aliphatic rings. The predicted molar refractivity (Wildman–Crippen MR) is 74.4 cm³/mol. The number of rotatable bonds is 3. The van der Waals surface area contributed by atoms with Crippen molar-refractivity contribution in [1.82, 2.24) is 5.32 Å². The van der Waals surface area contributed by atoms with Crippen LogP contribution in [0.5, 0.6) is 0 Å². The molecule has 3 heteroatoms. The van der Waals surface area contributed by atoms with Crippen molar-refractivity contribution in [3.8, 4) is 0 Å². The molecule has 1 aliphatic carbocycles. The molecule has 0 radical (unpaired) electrons. The molecule has 1 fully saturated rings. The SMILES string of the molecule is CNC1CCC(C)(C)CC1Sc1cccs1. The molecule has 16 heavy (non-hydrogen) atoms. The van der Waals surface area contributed by atoms with Gasteiger partial charge in [-0.25, -0.2) is 0 Å². The molecule has 90 valence electrons. The summed E-state index contributed by atoms with van der Waals surface area (Å²) in [5.41, 5.74) is 0.516. The van der Waals surface area contributed by atoms with Gasteiger partial charge in [-0.05, 0) is 43.2 Å². The van der Waals surface area contributed by atoms with Crippen LogP contribution in [0.15, 0.2) is 21.7 Å². The van der Waals surface area contributed by atoms with Gasteiger partial charge in [-0.15, -0.1) is 23.1 Å². The average Bonchev–Trinajstić information content (AvgIpc) is 2.70. The fraction of sp³-hybridized carbons (Fsp3) is 0.692. The summed E-state index contributed by atoms with van der Waals surface area (Å²) in [6, 6.07) is 5.07. The molecule has 0 amide bonds. The molecule has 1 aromatic heterocycles. The smallest absolute Gasteiger partial charge is 0.0601 e. The van der Waals surface area contributed by atoms with Crippen molar-refractivity contribution < 1.29 is 0 Å². The summed E-state index contributed by atoms with van der Waals surface area (Å²) in [4.78, 5) is 0. The van der Waals surface area contributed by atoms with Gasteiger partial charge in [0, 0.05) is 11.3 Å². The highest BCUT2D eigenvalue weighted by Crippen LogP contribution is 2.43. The van der Waals surface area contributed by atoms with E-state index in [9.17, 15) is 0 Å². The minimum atomic E-state index is 0.516. The standard InChI is InChI=1S/C13H21NS2/c1-13(2)7-6-10(14-3)11(9-13)16-12-5-4-8-15-12/h4-5,8,10-11,14H,6-7,9H2,1-3H3. The van der Waals surface area contributed by atoms with Gasteiger partial charge >= 0.3 is 0 Å². The van der Waals surface area contributed by atoms with Crippen molar-refractivity contribution in [3.05, 3.63) is 17.5 Å². The van der Waals surface area contributed by atoms with Gasteiger partial charge < -0.3 is 5.32 Å². The molecule has 2 rings (SSSR count). The second-order valence-corrected chi connectivity index (χ2v) is 7.88. The number of hydrogen-bond acceptors (Lipinski definition) is 3. The van der Waals surface area contributed by atoms with Crippen molar-refractivity contribution >= 4 is 23.1 Å². The Balaban J connectivity index is 2.03. The normalized spacial score (nSPS) is 29.2. The number of nitrogens with one attached hydrogen (secondary N) is 1. The van der Waals surface area contributed by atoms with Gasteiger partial charge in [-0.2, -0.15) is 0 Å². The molecule has 2 atom stereocenters. The van der Waals surface area contributed by atoms with Crippen molar-refractivity contribution in [2.24, 2.45) is 5.41 Å². The highest BCUT2D eigenvalue weighted by atomic mass is 32.2. The largest absolute Gasteiger partial charge is 0.316 e. The molecular weight excluding hydrogens is 234 g/mol. The summed E-state index contributed by atoms with van der Waals surface area (Å²) in [5.74, 6) is 0. The Morgan fingerprint density at radius 2 is 2.31 bits per heavy atom. The maximum absolute atomic E-state index is 3.49. The zero-order valence-corrected chi connectivity index (χ0v) is 12.0. The first kappa shape index (κ1) is 12.5. The summed E-state index contributed by atoms with van der Waals surface area (Å²) >= 11 is 3.93. The van der Waals surface area contributed by atoms with E-state index in [1.165, 1.54) is 23.5 Å². The summed E-state index contributed by atoms with van der Waals surface area (Å²) in [6.45, 7) is 4.81. The number of thiophene rings is 1. The second kappa shape index (κ2) is 5.11. The van der Waals surface area contributed by atoms with E-state index in [0.29, 0.717) is 11.5 Å². The van der Waals surface area contributed by atoms with Crippen molar-refractivity contribution in [3.63, 3.8) is 0 Å². The highest BCUT2D eigenvalue weighted by Gasteiger charge is 2.34. The van der Waals surface area contributed by atoms with Crippen LogP contribution in [0.4, 0.5) is 0 Å². The summed E-state index contributed by atoms with van der Waals surface area (Å²) in [5, 5.41) is 6.39. The molecule has 1 N–H and O–H groups in total. The van der Waals surface area contributed by atoms with Crippen molar-refractivity contribution in [1.29, 1.82) is 0 Å². The van der Waals surface area contributed by atoms with Crippen molar-refractivity contribution in [2.45, 2.75) is 48.6 Å². The van der Waals surface area contributed by atoms with Crippen LogP contribution < -0.4 is 5.32 Å². The Bertz CT molecular complexity index is 319. The lowest BCUT2D eigenvalue weighted by Crippen LogP contribution is -2.43. The fourth-order valence-corrected chi connectivity index (χ4v) is 5.09. The van der Waals surface area contributed by atoms with Gasteiger partial charge in [0.2, 0.25) is 0 Å². The summed E-state index contributed by atoms with van der Waals surface area (Å²) < 4.78 is 1.46. The lowest BCUT2D eigenvalue weighted by Gasteiger charge is -2.40. The van der Waals surface area contributed by atoms with Crippen LogP contribution in [-0.2, 0) is 0 Å². The highest BCUT2D eigenvalue weighted by molar-refractivity contribution is 8.01. The summed E-state index contributed by atoms with van der Waals surface area (Å²) in [6.07, 6.45) is 3.98. The van der Waals surface area contributed by atoms with Crippen molar-refractivity contribution in [2.75, 3.05) is 7.05 Å². The Hall–Kier alpha value is 0.01000. The van der Waals surface area contributed by atoms with Gasteiger partial charge in [0.15, 0.2) is 0 Å². The van der Waals surface area contributed by atoms with E-state index < -0.39 is 0 Å². The third kappa shape index (κ3) is 3.02. The lowest BCUT2D eigenvalue weighted by molar-refractivity contribution is 0.219. The minimum absolute atomic E-state index is 0.516. The second-order valence-electron chi connectivity index (χ2n) is 5.39. The van der Waals surface area contributed by atoms with E-state index >= 15 is 0 Å². The monoisotopic (exact) mass is 255 g/mol. The van der Waals surface area contributed by atoms with Crippen LogP contribution in [0.3, 0.4) is 0 Å². The van der Waals surface area contributed by atoms with E-state index in [1.807, 2.05) is 11.3 Å². The van der Waals surface area contributed by atoms with Gasteiger partial charge in [-0.3, -0.25) is 0 Å². The van der Waals surface area contributed by atoms with Gasteiger partial charge in [-0.1, -0.05) is 19.9 Å². The number of thioether (sulfide) groups is 1. The van der Waals surface area contributed by atoms with E-state index in [-0.39, 0.29) is 0 Å². The van der Waals surface area contributed by atoms with Crippen LogP contribution in [-0.4, -0.2) is 18.3 Å². The molecule has 0 bridgehead atoms. The average molecular weight is 255 g/mol. The molecule has 0 aromatic carbocycles. The molecule has 0 saturated heterocycles. The van der Waals surface area contributed by atoms with Gasteiger partial charge in [0.05, 0.1) is 4.21 Å². The third-order valence-electron chi connectivity index (χ3n) is 3.47.